The van der Waals surface area contributed by atoms with E-state index >= 15 is 0 Å². The number of benzene rings is 3. The van der Waals surface area contributed by atoms with Gasteiger partial charge in [-0.15, -0.1) is 0 Å². The molecule has 27 heavy (non-hydrogen) atoms. The molecule has 0 amide bonds. The fraction of sp³-hybridized carbons (Fsp3) is 0.217. The number of nitrogens with zero attached hydrogens (tertiary/aromatic N) is 1. The van der Waals surface area contributed by atoms with Gasteiger partial charge in [-0.2, -0.15) is 0 Å². The Morgan fingerprint density at radius 1 is 0.963 bits per heavy atom. The molecule has 5 rings (SSSR count). The van der Waals surface area contributed by atoms with Crippen LogP contribution in [0.5, 0.6) is 5.75 Å². The second-order valence-corrected chi connectivity index (χ2v) is 7.64. The lowest BCUT2D eigenvalue weighted by molar-refractivity contribution is 0.206. The molecular weight excluding hydrogens is 356 g/mol. The van der Waals surface area contributed by atoms with Crippen molar-refractivity contribution in [2.24, 2.45) is 0 Å². The summed E-state index contributed by atoms with van der Waals surface area (Å²) < 4.78 is 5.51. The van der Waals surface area contributed by atoms with Gasteiger partial charge in [0, 0.05) is 35.1 Å². The minimum Gasteiger partial charge on any atom is -0.497 e. The zero-order valence-corrected chi connectivity index (χ0v) is 16.0. The van der Waals surface area contributed by atoms with Gasteiger partial charge in [0.05, 0.1) is 13.2 Å². The maximum atomic E-state index is 6.28. The van der Waals surface area contributed by atoms with Crippen LogP contribution in [0.2, 0.25) is 5.02 Å². The molecular formula is C23H21ClN2O. The van der Waals surface area contributed by atoms with Crippen LogP contribution in [0.15, 0.2) is 60.7 Å². The number of hydrogen-bond acceptors (Lipinski definition) is 3. The van der Waals surface area contributed by atoms with E-state index in [0.717, 1.165) is 41.7 Å². The first-order chi connectivity index (χ1) is 13.2. The van der Waals surface area contributed by atoms with Crippen molar-refractivity contribution < 1.29 is 4.74 Å². The fourth-order valence-electron chi connectivity index (χ4n) is 4.33. The smallest absolute Gasteiger partial charge is 0.119 e. The summed E-state index contributed by atoms with van der Waals surface area (Å²) in [6, 6.07) is 21.4. The van der Waals surface area contributed by atoms with Gasteiger partial charge >= 0.3 is 0 Å². The zero-order chi connectivity index (χ0) is 18.4. The Bertz CT molecular complexity index is 1020. The molecule has 0 aliphatic carbocycles. The molecule has 0 fully saturated rings. The molecule has 4 heteroatoms. The number of rotatable bonds is 2. The van der Waals surface area contributed by atoms with Gasteiger partial charge in [0.1, 0.15) is 5.75 Å². The lowest BCUT2D eigenvalue weighted by Gasteiger charge is -2.40. The zero-order valence-electron chi connectivity index (χ0n) is 15.2. The number of nitrogens with one attached hydrogen (secondary N) is 1. The van der Waals surface area contributed by atoms with E-state index in [1.807, 2.05) is 18.2 Å². The van der Waals surface area contributed by atoms with Crippen LogP contribution in [-0.4, -0.2) is 18.6 Å². The summed E-state index contributed by atoms with van der Waals surface area (Å²) in [5, 5.41) is 4.31. The van der Waals surface area contributed by atoms with Crippen LogP contribution in [0, 0.1) is 0 Å². The summed E-state index contributed by atoms with van der Waals surface area (Å²) in [5.41, 5.74) is 7.61. The van der Waals surface area contributed by atoms with Crippen molar-refractivity contribution in [3.8, 4) is 5.75 Å². The van der Waals surface area contributed by atoms with Crippen LogP contribution < -0.4 is 10.1 Å². The average Bonchev–Trinajstić information content (AvgIpc) is 2.71. The van der Waals surface area contributed by atoms with E-state index in [1.165, 1.54) is 22.3 Å². The van der Waals surface area contributed by atoms with Gasteiger partial charge in [0.2, 0.25) is 0 Å². The van der Waals surface area contributed by atoms with Crippen molar-refractivity contribution in [2.45, 2.75) is 19.0 Å². The lowest BCUT2D eigenvalue weighted by Crippen LogP contribution is -2.36. The summed E-state index contributed by atoms with van der Waals surface area (Å²) in [5.74, 6) is 0.885. The van der Waals surface area contributed by atoms with Crippen LogP contribution in [0.4, 0.5) is 11.4 Å². The van der Waals surface area contributed by atoms with Crippen molar-refractivity contribution in [3.05, 3.63) is 87.9 Å². The topological polar surface area (TPSA) is 24.5 Å². The van der Waals surface area contributed by atoms with Gasteiger partial charge in [-0.3, -0.25) is 4.90 Å². The van der Waals surface area contributed by atoms with Crippen molar-refractivity contribution >= 4 is 23.0 Å². The summed E-state index contributed by atoms with van der Waals surface area (Å²) >= 11 is 6.28. The van der Waals surface area contributed by atoms with E-state index in [9.17, 15) is 0 Å². The number of anilines is 2. The van der Waals surface area contributed by atoms with E-state index in [4.69, 9.17) is 16.3 Å². The maximum absolute atomic E-state index is 6.28. The molecule has 2 heterocycles. The first kappa shape index (κ1) is 16.7. The third-order valence-corrected chi connectivity index (χ3v) is 5.89. The first-order valence-corrected chi connectivity index (χ1v) is 9.66. The third-order valence-electron chi connectivity index (χ3n) is 5.66. The number of halogens is 1. The van der Waals surface area contributed by atoms with Gasteiger partial charge < -0.3 is 10.1 Å². The fourth-order valence-corrected chi connectivity index (χ4v) is 4.50. The van der Waals surface area contributed by atoms with Gasteiger partial charge in [0.25, 0.3) is 0 Å². The largest absolute Gasteiger partial charge is 0.497 e. The summed E-state index contributed by atoms with van der Waals surface area (Å²) in [6.45, 7) is 1.97. The minimum atomic E-state index is 0.178. The first-order valence-electron chi connectivity index (χ1n) is 9.28. The Morgan fingerprint density at radius 2 is 1.81 bits per heavy atom. The monoisotopic (exact) mass is 376 g/mol. The van der Waals surface area contributed by atoms with Crippen LogP contribution in [0.25, 0.3) is 0 Å². The Hall–Kier alpha value is -2.49. The van der Waals surface area contributed by atoms with Crippen molar-refractivity contribution in [1.29, 1.82) is 0 Å². The lowest BCUT2D eigenvalue weighted by atomic mass is 9.88. The standard InChI is InChI=1S/C23H21ClN2O/c1-27-18-7-9-21-20(13-18)23(19-8-6-17(24)12-22(19)25-21)26-11-10-15-4-2-3-5-16(15)14-26/h2-9,12-13,23,25H,10-11,14H2,1H3. The molecule has 0 bridgehead atoms. The average molecular weight is 377 g/mol. The van der Waals surface area contributed by atoms with E-state index in [0.29, 0.717) is 0 Å². The van der Waals surface area contributed by atoms with E-state index < -0.39 is 0 Å². The van der Waals surface area contributed by atoms with Crippen LogP contribution >= 0.6 is 11.6 Å². The molecule has 0 saturated carbocycles. The van der Waals surface area contributed by atoms with E-state index in [2.05, 4.69) is 52.7 Å². The van der Waals surface area contributed by atoms with Crippen LogP contribution in [0.3, 0.4) is 0 Å². The van der Waals surface area contributed by atoms with E-state index in [1.54, 1.807) is 7.11 Å². The molecule has 0 saturated heterocycles. The highest BCUT2D eigenvalue weighted by molar-refractivity contribution is 6.30. The third kappa shape index (κ3) is 2.88. The summed E-state index contributed by atoms with van der Waals surface area (Å²) in [4.78, 5) is 2.56. The Morgan fingerprint density at radius 3 is 2.67 bits per heavy atom. The van der Waals surface area contributed by atoms with Crippen molar-refractivity contribution in [3.63, 3.8) is 0 Å². The molecule has 136 valence electrons. The molecule has 1 atom stereocenters. The minimum absolute atomic E-state index is 0.178. The van der Waals surface area contributed by atoms with Gasteiger partial charge in [-0.1, -0.05) is 41.9 Å². The van der Waals surface area contributed by atoms with Crippen molar-refractivity contribution in [2.75, 3.05) is 19.0 Å². The van der Waals surface area contributed by atoms with Crippen LogP contribution in [-0.2, 0) is 13.0 Å². The summed E-state index contributed by atoms with van der Waals surface area (Å²) in [6.07, 6.45) is 1.07. The SMILES string of the molecule is COc1ccc2c(c1)C(N1CCc3ccccc3C1)c1ccc(Cl)cc1N2. The molecule has 3 nitrogen and oxygen atoms in total. The highest BCUT2D eigenvalue weighted by Gasteiger charge is 2.32. The second-order valence-electron chi connectivity index (χ2n) is 7.20. The predicted octanol–water partition coefficient (Wildman–Crippen LogP) is 5.55. The maximum Gasteiger partial charge on any atom is 0.119 e. The quantitative estimate of drug-likeness (QED) is 0.634. The Balaban J connectivity index is 1.63. The number of hydrogen-bond donors (Lipinski definition) is 1. The molecule has 1 N–H and O–H groups in total. The van der Waals surface area contributed by atoms with Gasteiger partial charge in [-0.05, 0) is 53.4 Å². The molecule has 3 aromatic rings. The van der Waals surface area contributed by atoms with Crippen LogP contribution in [0.1, 0.15) is 28.3 Å². The number of fused-ring (bicyclic) bond motifs is 3. The molecule has 3 aromatic carbocycles. The molecule has 2 aliphatic heterocycles. The molecule has 0 spiro atoms. The van der Waals surface area contributed by atoms with E-state index in [-0.39, 0.29) is 6.04 Å². The molecule has 0 aromatic heterocycles. The Kier molecular flexibility index (Phi) is 4.07. The molecule has 0 radical (unpaired) electrons. The summed E-state index contributed by atoms with van der Waals surface area (Å²) in [7, 11) is 1.72. The normalized spacial score (nSPS) is 18.1. The highest BCUT2D eigenvalue weighted by Crippen LogP contribution is 2.46. The Labute approximate surface area is 164 Å². The number of ether oxygens (including phenoxy) is 1. The predicted molar refractivity (Wildman–Crippen MR) is 110 cm³/mol. The van der Waals surface area contributed by atoms with Gasteiger partial charge in [0.15, 0.2) is 0 Å². The molecule has 1 unspecified atom stereocenters. The highest BCUT2D eigenvalue weighted by atomic mass is 35.5. The van der Waals surface area contributed by atoms with Crippen molar-refractivity contribution in [1.82, 2.24) is 4.90 Å². The van der Waals surface area contributed by atoms with Gasteiger partial charge in [-0.25, -0.2) is 0 Å². The molecule has 2 aliphatic rings. The second kappa shape index (κ2) is 6.59. The number of methoxy groups -OCH3 is 1.